The number of hydrogen-bond donors (Lipinski definition) is 1. The fourth-order valence-electron chi connectivity index (χ4n) is 3.28. The van der Waals surface area contributed by atoms with Crippen LogP contribution in [0.15, 0.2) is 5.38 Å². The third-order valence-electron chi connectivity index (χ3n) is 4.80. The molecule has 0 spiro atoms. The van der Waals surface area contributed by atoms with Crippen LogP contribution in [0.1, 0.15) is 63.1 Å². The minimum Gasteiger partial charge on any atom is -0.341 e. The summed E-state index contributed by atoms with van der Waals surface area (Å²) in [6.45, 7) is 9.38. The Kier molecular flexibility index (Phi) is 4.55. The van der Waals surface area contributed by atoms with E-state index in [-0.39, 0.29) is 11.5 Å². The molecule has 0 bridgehead atoms. The first-order valence-corrected chi connectivity index (χ1v) is 9.31. The van der Waals surface area contributed by atoms with E-state index in [2.05, 4.69) is 36.4 Å². The van der Waals surface area contributed by atoms with E-state index in [1.807, 2.05) is 0 Å². The number of amides is 1. The highest BCUT2D eigenvalue weighted by Gasteiger charge is 2.31. The Labute approximate surface area is 137 Å². The molecule has 2 fully saturated rings. The Morgan fingerprint density at radius 2 is 2.05 bits per heavy atom. The van der Waals surface area contributed by atoms with Crippen molar-refractivity contribution >= 4 is 17.2 Å². The van der Waals surface area contributed by atoms with Crippen LogP contribution in [0.25, 0.3) is 0 Å². The van der Waals surface area contributed by atoms with Crippen LogP contribution in [-0.2, 0) is 10.2 Å². The van der Waals surface area contributed by atoms with Gasteiger partial charge in [-0.25, -0.2) is 4.98 Å². The first-order valence-electron chi connectivity index (χ1n) is 8.43. The van der Waals surface area contributed by atoms with E-state index in [9.17, 15) is 4.79 Å². The molecule has 5 heteroatoms. The molecule has 1 N–H and O–H groups in total. The van der Waals surface area contributed by atoms with Gasteiger partial charge < -0.3 is 10.2 Å². The van der Waals surface area contributed by atoms with E-state index in [1.165, 1.54) is 10.7 Å². The highest BCUT2D eigenvalue weighted by molar-refractivity contribution is 7.09. The Morgan fingerprint density at radius 1 is 1.32 bits per heavy atom. The first-order chi connectivity index (χ1) is 10.4. The van der Waals surface area contributed by atoms with Gasteiger partial charge in [-0.1, -0.05) is 20.8 Å². The van der Waals surface area contributed by atoms with Crippen molar-refractivity contribution in [2.75, 3.05) is 19.6 Å². The fraction of sp³-hybridized carbons (Fsp3) is 0.765. The van der Waals surface area contributed by atoms with Crippen molar-refractivity contribution in [1.29, 1.82) is 0 Å². The second kappa shape index (κ2) is 6.28. The number of rotatable bonds is 2. The minimum atomic E-state index is 0.0731. The predicted molar refractivity (Wildman–Crippen MR) is 90.4 cm³/mol. The molecule has 1 unspecified atom stereocenters. The van der Waals surface area contributed by atoms with E-state index in [1.54, 1.807) is 11.3 Å². The lowest BCUT2D eigenvalue weighted by molar-refractivity contribution is -0.134. The molecule has 0 aliphatic carbocycles. The molecule has 22 heavy (non-hydrogen) atoms. The van der Waals surface area contributed by atoms with Gasteiger partial charge in [0.2, 0.25) is 5.91 Å². The molecule has 1 atom stereocenters. The molecule has 2 saturated heterocycles. The summed E-state index contributed by atoms with van der Waals surface area (Å²) in [5, 5.41) is 6.78. The van der Waals surface area contributed by atoms with Gasteiger partial charge in [0.05, 0.1) is 16.7 Å². The number of carbonyl (C=O) groups is 1. The number of thiazole rings is 1. The Bertz CT molecular complexity index is 520. The summed E-state index contributed by atoms with van der Waals surface area (Å²) in [5.74, 6) is 0.840. The number of nitrogens with zero attached hydrogens (tertiary/aromatic N) is 2. The van der Waals surface area contributed by atoms with E-state index in [0.29, 0.717) is 11.8 Å². The topological polar surface area (TPSA) is 45.2 Å². The van der Waals surface area contributed by atoms with Gasteiger partial charge in [0, 0.05) is 29.8 Å². The molecule has 2 aliphatic heterocycles. The molecule has 122 valence electrons. The standard InChI is InChI=1S/C17H27N3OS/c1-17(2,3)14-11-22-15(19-14)12-6-9-20(10-7-12)16(21)13-5-4-8-18-13/h11-13,18H,4-10H2,1-3H3. The number of nitrogens with one attached hydrogen (secondary N) is 1. The molecule has 0 aromatic carbocycles. The molecule has 4 nitrogen and oxygen atoms in total. The summed E-state index contributed by atoms with van der Waals surface area (Å²) < 4.78 is 0. The van der Waals surface area contributed by atoms with Crippen molar-refractivity contribution in [1.82, 2.24) is 15.2 Å². The smallest absolute Gasteiger partial charge is 0.239 e. The zero-order valence-electron chi connectivity index (χ0n) is 13.9. The molecule has 2 aliphatic rings. The summed E-state index contributed by atoms with van der Waals surface area (Å²) in [6, 6.07) is 0.0731. The largest absolute Gasteiger partial charge is 0.341 e. The van der Waals surface area contributed by atoms with E-state index in [0.717, 1.165) is 45.3 Å². The highest BCUT2D eigenvalue weighted by Crippen LogP contribution is 2.33. The molecular formula is C17H27N3OS. The van der Waals surface area contributed by atoms with Gasteiger partial charge >= 0.3 is 0 Å². The van der Waals surface area contributed by atoms with Crippen LogP contribution >= 0.6 is 11.3 Å². The molecule has 1 aromatic heterocycles. The molecule has 0 saturated carbocycles. The van der Waals surface area contributed by atoms with Crippen LogP contribution in [0, 0.1) is 0 Å². The average Bonchev–Trinajstić information content (AvgIpc) is 3.17. The third-order valence-corrected chi connectivity index (χ3v) is 5.81. The Morgan fingerprint density at radius 3 is 2.59 bits per heavy atom. The third kappa shape index (κ3) is 3.35. The summed E-state index contributed by atoms with van der Waals surface area (Å²) in [7, 11) is 0. The van der Waals surface area contributed by atoms with Gasteiger partial charge in [-0.3, -0.25) is 4.79 Å². The molecule has 3 heterocycles. The molecule has 1 amide bonds. The number of hydrogen-bond acceptors (Lipinski definition) is 4. The van der Waals surface area contributed by atoms with Gasteiger partial charge in [-0.05, 0) is 32.2 Å². The van der Waals surface area contributed by atoms with Gasteiger partial charge in [-0.15, -0.1) is 11.3 Å². The zero-order valence-corrected chi connectivity index (χ0v) is 14.7. The van der Waals surface area contributed by atoms with Crippen LogP contribution in [0.4, 0.5) is 0 Å². The summed E-state index contributed by atoms with van der Waals surface area (Å²) in [6.07, 6.45) is 4.23. The van der Waals surface area contributed by atoms with E-state index < -0.39 is 0 Å². The van der Waals surface area contributed by atoms with Crippen molar-refractivity contribution in [3.05, 3.63) is 16.1 Å². The summed E-state index contributed by atoms with van der Waals surface area (Å²) in [5.41, 5.74) is 1.32. The van der Waals surface area contributed by atoms with Gasteiger partial charge in [0.25, 0.3) is 0 Å². The quantitative estimate of drug-likeness (QED) is 0.911. The van der Waals surface area contributed by atoms with Crippen LogP contribution in [0.5, 0.6) is 0 Å². The highest BCUT2D eigenvalue weighted by atomic mass is 32.1. The lowest BCUT2D eigenvalue weighted by atomic mass is 9.93. The second-order valence-corrected chi connectivity index (χ2v) is 8.46. The number of carbonyl (C=O) groups excluding carboxylic acids is 1. The average molecular weight is 321 g/mol. The zero-order chi connectivity index (χ0) is 15.7. The normalized spacial score (nSPS) is 24.0. The lowest BCUT2D eigenvalue weighted by Gasteiger charge is -2.32. The van der Waals surface area contributed by atoms with E-state index >= 15 is 0 Å². The second-order valence-electron chi connectivity index (χ2n) is 7.57. The van der Waals surface area contributed by atoms with Crippen molar-refractivity contribution in [2.45, 2.75) is 63.8 Å². The monoisotopic (exact) mass is 321 g/mol. The lowest BCUT2D eigenvalue weighted by Crippen LogP contribution is -2.46. The first kappa shape index (κ1) is 15.9. The summed E-state index contributed by atoms with van der Waals surface area (Å²) in [4.78, 5) is 19.3. The van der Waals surface area contributed by atoms with Crippen molar-refractivity contribution in [3.8, 4) is 0 Å². The molecule has 0 radical (unpaired) electrons. The van der Waals surface area contributed by atoms with Gasteiger partial charge in [0.15, 0.2) is 0 Å². The van der Waals surface area contributed by atoms with Crippen LogP contribution in [0.3, 0.4) is 0 Å². The number of likely N-dealkylation sites (tertiary alicyclic amines) is 1. The SMILES string of the molecule is CC(C)(C)c1csc(C2CCN(C(=O)C3CCCN3)CC2)n1. The molecular weight excluding hydrogens is 294 g/mol. The fourth-order valence-corrected chi connectivity index (χ4v) is 4.50. The Hall–Kier alpha value is -0.940. The van der Waals surface area contributed by atoms with Crippen LogP contribution in [0.2, 0.25) is 0 Å². The maximum absolute atomic E-state index is 12.4. The van der Waals surface area contributed by atoms with Crippen LogP contribution in [-0.4, -0.2) is 41.5 Å². The maximum atomic E-state index is 12.4. The van der Waals surface area contributed by atoms with E-state index in [4.69, 9.17) is 4.98 Å². The number of aromatic nitrogens is 1. The molecule has 1 aromatic rings. The van der Waals surface area contributed by atoms with Crippen molar-refractivity contribution in [2.24, 2.45) is 0 Å². The molecule has 3 rings (SSSR count). The van der Waals surface area contributed by atoms with Crippen LogP contribution < -0.4 is 5.32 Å². The summed E-state index contributed by atoms with van der Waals surface area (Å²) >= 11 is 1.79. The Balaban J connectivity index is 1.57. The van der Waals surface area contributed by atoms with Gasteiger partial charge in [-0.2, -0.15) is 0 Å². The van der Waals surface area contributed by atoms with Crippen molar-refractivity contribution < 1.29 is 4.79 Å². The van der Waals surface area contributed by atoms with Gasteiger partial charge in [0.1, 0.15) is 0 Å². The number of piperidine rings is 1. The predicted octanol–water partition coefficient (Wildman–Crippen LogP) is 2.90. The van der Waals surface area contributed by atoms with Crippen molar-refractivity contribution in [3.63, 3.8) is 0 Å². The minimum absolute atomic E-state index is 0.0731. The maximum Gasteiger partial charge on any atom is 0.239 e.